The van der Waals surface area contributed by atoms with Crippen LogP contribution in [0.15, 0.2) is 42.5 Å². The third kappa shape index (κ3) is 1.69. The highest BCUT2D eigenvalue weighted by molar-refractivity contribution is 5.73. The lowest BCUT2D eigenvalue weighted by Gasteiger charge is -2.11. The Hall–Kier alpha value is -2.16. The summed E-state index contributed by atoms with van der Waals surface area (Å²) in [5, 5.41) is 3.47. The molecule has 1 atom stereocenters. The molecule has 1 unspecified atom stereocenters. The Labute approximate surface area is 100 Å². The van der Waals surface area contributed by atoms with Gasteiger partial charge >= 0.3 is 0 Å². The molecule has 1 aliphatic rings. The second kappa shape index (κ2) is 3.70. The molecule has 1 heterocycles. The molecule has 2 aromatic carbocycles. The fourth-order valence-electron chi connectivity index (χ4n) is 2.40. The SMILES string of the molecule is Nc1cc(N)c2c(c1)NC(c1ccccc1)C2. The summed E-state index contributed by atoms with van der Waals surface area (Å²) >= 11 is 0. The highest BCUT2D eigenvalue weighted by Gasteiger charge is 2.23. The maximum Gasteiger partial charge on any atom is 0.0555 e. The summed E-state index contributed by atoms with van der Waals surface area (Å²) in [7, 11) is 0. The van der Waals surface area contributed by atoms with Crippen LogP contribution in [-0.2, 0) is 6.42 Å². The molecule has 2 aromatic rings. The number of nitrogens with one attached hydrogen (secondary N) is 1. The molecule has 0 amide bonds. The fraction of sp³-hybridized carbons (Fsp3) is 0.143. The predicted octanol–water partition coefficient (Wildman–Crippen LogP) is 2.56. The predicted molar refractivity (Wildman–Crippen MR) is 71.8 cm³/mol. The summed E-state index contributed by atoms with van der Waals surface area (Å²) in [5.74, 6) is 0. The first-order chi connectivity index (χ1) is 8.24. The van der Waals surface area contributed by atoms with Crippen molar-refractivity contribution in [1.29, 1.82) is 0 Å². The van der Waals surface area contributed by atoms with Crippen molar-refractivity contribution in [3.8, 4) is 0 Å². The van der Waals surface area contributed by atoms with Gasteiger partial charge in [-0.25, -0.2) is 0 Å². The van der Waals surface area contributed by atoms with Gasteiger partial charge in [0.25, 0.3) is 0 Å². The van der Waals surface area contributed by atoms with E-state index >= 15 is 0 Å². The van der Waals surface area contributed by atoms with Crippen molar-refractivity contribution in [2.45, 2.75) is 12.5 Å². The van der Waals surface area contributed by atoms with E-state index < -0.39 is 0 Å². The summed E-state index contributed by atoms with van der Waals surface area (Å²) in [4.78, 5) is 0. The lowest BCUT2D eigenvalue weighted by atomic mass is 10.0. The van der Waals surface area contributed by atoms with Crippen LogP contribution in [0, 0.1) is 0 Å². The minimum Gasteiger partial charge on any atom is -0.399 e. The van der Waals surface area contributed by atoms with Gasteiger partial charge in [-0.05, 0) is 17.7 Å². The van der Waals surface area contributed by atoms with Gasteiger partial charge in [-0.15, -0.1) is 0 Å². The summed E-state index contributed by atoms with van der Waals surface area (Å²) in [5.41, 5.74) is 16.8. The Balaban J connectivity index is 1.96. The molecule has 0 saturated heterocycles. The van der Waals surface area contributed by atoms with Gasteiger partial charge in [-0.2, -0.15) is 0 Å². The molecule has 3 heteroatoms. The molecular formula is C14H15N3. The average molecular weight is 225 g/mol. The molecule has 1 aliphatic heterocycles. The molecule has 3 rings (SSSR count). The van der Waals surface area contributed by atoms with Crippen molar-refractivity contribution in [3.63, 3.8) is 0 Å². The molecule has 5 N–H and O–H groups in total. The van der Waals surface area contributed by atoms with Gasteiger partial charge in [0.1, 0.15) is 0 Å². The van der Waals surface area contributed by atoms with Crippen LogP contribution in [0.4, 0.5) is 17.1 Å². The monoisotopic (exact) mass is 225 g/mol. The Morgan fingerprint density at radius 3 is 2.59 bits per heavy atom. The number of hydrogen-bond acceptors (Lipinski definition) is 3. The van der Waals surface area contributed by atoms with Crippen molar-refractivity contribution in [2.24, 2.45) is 0 Å². The van der Waals surface area contributed by atoms with Crippen molar-refractivity contribution in [3.05, 3.63) is 53.6 Å². The van der Waals surface area contributed by atoms with Gasteiger partial charge in [0.2, 0.25) is 0 Å². The number of anilines is 3. The third-order valence-corrected chi connectivity index (χ3v) is 3.25. The van der Waals surface area contributed by atoms with Crippen molar-refractivity contribution in [2.75, 3.05) is 16.8 Å². The molecule has 86 valence electrons. The quantitative estimate of drug-likeness (QED) is 0.653. The molecule has 0 radical (unpaired) electrons. The number of nitrogens with two attached hydrogens (primary N) is 2. The normalized spacial score (nSPS) is 17.5. The van der Waals surface area contributed by atoms with E-state index in [1.807, 2.05) is 18.2 Å². The number of benzene rings is 2. The van der Waals surface area contributed by atoms with Crippen LogP contribution in [0.3, 0.4) is 0 Å². The first-order valence-corrected chi connectivity index (χ1v) is 5.73. The lowest BCUT2D eigenvalue weighted by Crippen LogP contribution is -2.05. The highest BCUT2D eigenvalue weighted by atomic mass is 15.0. The van der Waals surface area contributed by atoms with E-state index in [2.05, 4.69) is 29.6 Å². The fourth-order valence-corrected chi connectivity index (χ4v) is 2.40. The summed E-state index contributed by atoms with van der Waals surface area (Å²) in [6.45, 7) is 0. The zero-order chi connectivity index (χ0) is 11.8. The molecule has 0 fully saturated rings. The van der Waals surface area contributed by atoms with E-state index in [4.69, 9.17) is 11.5 Å². The van der Waals surface area contributed by atoms with Crippen molar-refractivity contribution < 1.29 is 0 Å². The maximum atomic E-state index is 5.99. The maximum absolute atomic E-state index is 5.99. The van der Waals surface area contributed by atoms with Gasteiger partial charge in [-0.1, -0.05) is 30.3 Å². The molecule has 0 bridgehead atoms. The van der Waals surface area contributed by atoms with Crippen LogP contribution in [0.1, 0.15) is 17.2 Å². The second-order valence-electron chi connectivity index (χ2n) is 4.45. The smallest absolute Gasteiger partial charge is 0.0555 e. The van der Waals surface area contributed by atoms with Gasteiger partial charge in [0, 0.05) is 29.0 Å². The number of rotatable bonds is 1. The molecule has 0 aromatic heterocycles. The van der Waals surface area contributed by atoms with Crippen molar-refractivity contribution in [1.82, 2.24) is 0 Å². The minimum atomic E-state index is 0.301. The average Bonchev–Trinajstić information content (AvgIpc) is 2.74. The van der Waals surface area contributed by atoms with E-state index in [0.717, 1.165) is 17.8 Å². The lowest BCUT2D eigenvalue weighted by molar-refractivity contribution is 0.825. The van der Waals surface area contributed by atoms with Gasteiger partial charge in [0.05, 0.1) is 6.04 Å². The van der Waals surface area contributed by atoms with Gasteiger partial charge in [0.15, 0.2) is 0 Å². The molecule has 0 saturated carbocycles. The molecule has 3 nitrogen and oxygen atoms in total. The minimum absolute atomic E-state index is 0.301. The number of nitrogen functional groups attached to an aromatic ring is 2. The standard InChI is InChI=1S/C14H15N3/c15-10-6-12(16)11-8-13(17-14(11)7-10)9-4-2-1-3-5-9/h1-7,13,17H,8,15-16H2. The van der Waals surface area contributed by atoms with Crippen LogP contribution in [0.25, 0.3) is 0 Å². The Kier molecular flexibility index (Phi) is 2.18. The van der Waals surface area contributed by atoms with Crippen LogP contribution < -0.4 is 16.8 Å². The molecule has 17 heavy (non-hydrogen) atoms. The zero-order valence-corrected chi connectivity index (χ0v) is 9.48. The van der Waals surface area contributed by atoms with E-state index in [1.54, 1.807) is 0 Å². The Morgan fingerprint density at radius 1 is 1.06 bits per heavy atom. The molecular weight excluding hydrogens is 210 g/mol. The first kappa shape index (κ1) is 10.0. The molecule has 0 spiro atoms. The van der Waals surface area contributed by atoms with Gasteiger partial charge < -0.3 is 16.8 Å². The van der Waals surface area contributed by atoms with Crippen LogP contribution in [-0.4, -0.2) is 0 Å². The topological polar surface area (TPSA) is 64.1 Å². The van der Waals surface area contributed by atoms with Crippen LogP contribution in [0.5, 0.6) is 0 Å². The van der Waals surface area contributed by atoms with E-state index in [9.17, 15) is 0 Å². The van der Waals surface area contributed by atoms with E-state index in [1.165, 1.54) is 11.1 Å². The Bertz CT molecular complexity index is 549. The van der Waals surface area contributed by atoms with Crippen LogP contribution in [0.2, 0.25) is 0 Å². The number of hydrogen-bond donors (Lipinski definition) is 3. The first-order valence-electron chi connectivity index (χ1n) is 5.73. The van der Waals surface area contributed by atoms with E-state index in [0.29, 0.717) is 11.7 Å². The summed E-state index contributed by atoms with van der Waals surface area (Å²) in [6, 6.07) is 14.5. The highest BCUT2D eigenvalue weighted by Crippen LogP contribution is 2.38. The number of fused-ring (bicyclic) bond motifs is 1. The zero-order valence-electron chi connectivity index (χ0n) is 9.48. The second-order valence-corrected chi connectivity index (χ2v) is 4.45. The summed E-state index contributed by atoms with van der Waals surface area (Å²) in [6.07, 6.45) is 0.922. The Morgan fingerprint density at radius 2 is 1.82 bits per heavy atom. The van der Waals surface area contributed by atoms with Gasteiger partial charge in [-0.3, -0.25) is 0 Å². The summed E-state index contributed by atoms with van der Waals surface area (Å²) < 4.78 is 0. The van der Waals surface area contributed by atoms with Crippen molar-refractivity contribution >= 4 is 17.1 Å². The molecule has 0 aliphatic carbocycles. The van der Waals surface area contributed by atoms with Crippen LogP contribution >= 0.6 is 0 Å². The van der Waals surface area contributed by atoms with E-state index in [-0.39, 0.29) is 0 Å². The largest absolute Gasteiger partial charge is 0.399 e. The third-order valence-electron chi connectivity index (χ3n) is 3.25.